The van der Waals surface area contributed by atoms with E-state index in [4.69, 9.17) is 4.52 Å². The maximum absolute atomic E-state index is 12.0. The van der Waals surface area contributed by atoms with Crippen molar-refractivity contribution in [2.75, 3.05) is 0 Å². The van der Waals surface area contributed by atoms with E-state index in [2.05, 4.69) is 20.1 Å². The minimum atomic E-state index is -0.439. The molecule has 8 nitrogen and oxygen atoms in total. The van der Waals surface area contributed by atoms with Gasteiger partial charge in [-0.15, -0.1) is 0 Å². The molecule has 0 amide bonds. The molecule has 0 bridgehead atoms. The van der Waals surface area contributed by atoms with Gasteiger partial charge in [0.25, 0.3) is 0 Å². The Morgan fingerprint density at radius 3 is 2.85 bits per heavy atom. The second-order valence-corrected chi connectivity index (χ2v) is 4.49. The van der Waals surface area contributed by atoms with Crippen molar-refractivity contribution in [2.45, 2.75) is 20.3 Å². The monoisotopic (exact) mass is 275 g/mol. The van der Waals surface area contributed by atoms with Gasteiger partial charge in [-0.25, -0.2) is 14.3 Å². The van der Waals surface area contributed by atoms with Crippen molar-refractivity contribution in [3.8, 4) is 11.6 Å². The maximum Gasteiger partial charge on any atom is 0.333 e. The Bertz CT molecular complexity index is 774. The third-order valence-corrected chi connectivity index (χ3v) is 3.08. The first-order valence-electron chi connectivity index (χ1n) is 6.01. The number of hydrogen-bond acceptors (Lipinski definition) is 5. The summed E-state index contributed by atoms with van der Waals surface area (Å²) in [5.41, 5.74) is 1.74. The molecule has 0 saturated heterocycles. The summed E-state index contributed by atoms with van der Waals surface area (Å²) in [5, 5.41) is 14.0. The fraction of sp³-hybridized carbons (Fsp3) is 0.250. The normalized spacial score (nSPS) is 11.1. The molecule has 3 rings (SSSR count). The molecule has 3 N–H and O–H groups in total. The molecule has 3 aromatic heterocycles. The minimum absolute atomic E-state index is 0.154. The first kappa shape index (κ1) is 12.3. The summed E-state index contributed by atoms with van der Waals surface area (Å²) in [4.78, 5) is 21.5. The van der Waals surface area contributed by atoms with Gasteiger partial charge in [-0.3, -0.25) is 0 Å². The molecule has 0 saturated carbocycles. The summed E-state index contributed by atoms with van der Waals surface area (Å²) >= 11 is 0. The molecular weight excluding hydrogens is 262 g/mol. The van der Waals surface area contributed by atoms with Crippen molar-refractivity contribution in [3.63, 3.8) is 0 Å². The van der Waals surface area contributed by atoms with Gasteiger partial charge in [0.15, 0.2) is 5.76 Å². The number of aromatic nitrogens is 5. The maximum atomic E-state index is 12.0. The molecule has 0 spiro atoms. The largest absolute Gasteiger partial charge is 0.493 e. The van der Waals surface area contributed by atoms with Gasteiger partial charge in [0.05, 0.1) is 12.0 Å². The van der Waals surface area contributed by atoms with E-state index in [9.17, 15) is 9.90 Å². The fourth-order valence-electron chi connectivity index (χ4n) is 2.17. The molecule has 0 aliphatic carbocycles. The van der Waals surface area contributed by atoms with Crippen LogP contribution in [0.25, 0.3) is 5.69 Å². The highest BCUT2D eigenvalue weighted by Gasteiger charge is 2.21. The Morgan fingerprint density at radius 1 is 1.45 bits per heavy atom. The smallest absolute Gasteiger partial charge is 0.333 e. The number of nitrogens with one attached hydrogen (secondary N) is 2. The molecule has 0 aromatic carbocycles. The lowest BCUT2D eigenvalue weighted by atomic mass is 10.2. The highest BCUT2D eigenvalue weighted by Crippen LogP contribution is 2.24. The summed E-state index contributed by atoms with van der Waals surface area (Å²) < 4.78 is 6.18. The predicted molar refractivity (Wildman–Crippen MR) is 69.0 cm³/mol. The quantitative estimate of drug-likeness (QED) is 0.654. The fourth-order valence-corrected chi connectivity index (χ4v) is 2.17. The van der Waals surface area contributed by atoms with Crippen LogP contribution in [-0.2, 0) is 6.42 Å². The molecule has 3 heterocycles. The summed E-state index contributed by atoms with van der Waals surface area (Å²) in [6, 6.07) is 0. The van der Waals surface area contributed by atoms with Crippen molar-refractivity contribution in [3.05, 3.63) is 45.9 Å². The summed E-state index contributed by atoms with van der Waals surface area (Å²) in [5.74, 6) is 0.311. The van der Waals surface area contributed by atoms with Gasteiger partial charge in [-0.1, -0.05) is 5.16 Å². The third-order valence-electron chi connectivity index (χ3n) is 3.08. The lowest BCUT2D eigenvalue weighted by molar-refractivity contribution is 0.391. The highest BCUT2D eigenvalue weighted by molar-refractivity contribution is 5.43. The first-order chi connectivity index (χ1) is 9.58. The van der Waals surface area contributed by atoms with E-state index in [0.717, 1.165) is 10.3 Å². The van der Waals surface area contributed by atoms with Crippen LogP contribution < -0.4 is 5.69 Å². The number of aromatic hydroxyl groups is 1. The first-order valence-corrected chi connectivity index (χ1v) is 6.01. The average molecular weight is 275 g/mol. The molecule has 0 aliphatic rings. The molecule has 104 valence electrons. The minimum Gasteiger partial charge on any atom is -0.493 e. The van der Waals surface area contributed by atoms with Crippen LogP contribution in [0.3, 0.4) is 0 Å². The van der Waals surface area contributed by atoms with Crippen molar-refractivity contribution >= 4 is 0 Å². The van der Waals surface area contributed by atoms with Crippen molar-refractivity contribution < 1.29 is 9.63 Å². The van der Waals surface area contributed by atoms with E-state index in [-0.39, 0.29) is 5.88 Å². The predicted octanol–water partition coefficient (Wildman–Crippen LogP) is 0.790. The zero-order chi connectivity index (χ0) is 14.3. The summed E-state index contributed by atoms with van der Waals surface area (Å²) in [6.45, 7) is 3.39. The lowest BCUT2D eigenvalue weighted by Gasteiger charge is -2.02. The number of aromatic amines is 2. The topological polar surface area (TPSA) is 113 Å². The van der Waals surface area contributed by atoms with Gasteiger partial charge in [0.1, 0.15) is 11.4 Å². The Morgan fingerprint density at radius 2 is 2.25 bits per heavy atom. The molecule has 0 unspecified atom stereocenters. The highest BCUT2D eigenvalue weighted by atomic mass is 16.5. The van der Waals surface area contributed by atoms with Crippen LogP contribution in [0.1, 0.15) is 22.8 Å². The Balaban J connectivity index is 2.10. The molecule has 0 fully saturated rings. The van der Waals surface area contributed by atoms with Gasteiger partial charge in [-0.05, 0) is 13.8 Å². The standard InChI is InChI=1S/C12H13N5O3/c1-6-10(7(2)20-16-6)17-11(18)9(15-12(17)19)3-8-4-13-5-14-8/h4-5,18H,3H2,1-2H3,(H,13,14)(H,15,19). The molecule has 0 radical (unpaired) electrons. The number of nitrogens with zero attached hydrogens (tertiary/aromatic N) is 3. The number of H-pyrrole nitrogens is 2. The van der Waals surface area contributed by atoms with Crippen LogP contribution in [-0.4, -0.2) is 29.8 Å². The second kappa shape index (κ2) is 4.41. The molecule has 20 heavy (non-hydrogen) atoms. The van der Waals surface area contributed by atoms with E-state index in [0.29, 0.717) is 29.3 Å². The molecule has 3 aromatic rings. The molecule has 8 heteroatoms. The van der Waals surface area contributed by atoms with E-state index >= 15 is 0 Å². The van der Waals surface area contributed by atoms with Crippen molar-refractivity contribution in [1.82, 2.24) is 24.7 Å². The second-order valence-electron chi connectivity index (χ2n) is 4.49. The van der Waals surface area contributed by atoms with Crippen LogP contribution in [0.15, 0.2) is 21.8 Å². The average Bonchev–Trinajstić information content (AvgIpc) is 3.08. The molecule has 0 aliphatic heterocycles. The Labute approximate surface area is 113 Å². The Hall–Kier alpha value is -2.77. The SMILES string of the molecule is Cc1noc(C)c1-n1c(O)c(Cc2cnc[nH]2)[nH]c1=O. The number of rotatable bonds is 3. The van der Waals surface area contributed by atoms with Crippen molar-refractivity contribution in [1.29, 1.82) is 0 Å². The van der Waals surface area contributed by atoms with E-state index in [1.165, 1.54) is 6.33 Å². The van der Waals surface area contributed by atoms with Crippen LogP contribution in [0.2, 0.25) is 0 Å². The van der Waals surface area contributed by atoms with Gasteiger partial charge in [0, 0.05) is 18.3 Å². The van der Waals surface area contributed by atoms with E-state index in [1.54, 1.807) is 20.0 Å². The zero-order valence-electron chi connectivity index (χ0n) is 11.0. The van der Waals surface area contributed by atoms with Crippen LogP contribution in [0.4, 0.5) is 0 Å². The van der Waals surface area contributed by atoms with Crippen LogP contribution in [0, 0.1) is 13.8 Å². The van der Waals surface area contributed by atoms with Crippen molar-refractivity contribution in [2.24, 2.45) is 0 Å². The van der Waals surface area contributed by atoms with Crippen LogP contribution in [0.5, 0.6) is 5.88 Å². The Kier molecular flexibility index (Phi) is 2.70. The van der Waals surface area contributed by atoms with Gasteiger partial charge >= 0.3 is 5.69 Å². The lowest BCUT2D eigenvalue weighted by Crippen LogP contribution is -2.15. The van der Waals surface area contributed by atoms with E-state index in [1.807, 2.05) is 0 Å². The molecule has 0 atom stereocenters. The summed E-state index contributed by atoms with van der Waals surface area (Å²) in [7, 11) is 0. The molecular formula is C12H13N5O3. The number of aryl methyl sites for hydroxylation is 2. The third kappa shape index (κ3) is 1.81. The van der Waals surface area contributed by atoms with Crippen LogP contribution >= 0.6 is 0 Å². The number of hydrogen-bond donors (Lipinski definition) is 3. The zero-order valence-corrected chi connectivity index (χ0v) is 11.0. The van der Waals surface area contributed by atoms with E-state index < -0.39 is 5.69 Å². The van der Waals surface area contributed by atoms with Gasteiger partial charge in [0.2, 0.25) is 5.88 Å². The summed E-state index contributed by atoms with van der Waals surface area (Å²) in [6.07, 6.45) is 3.51. The number of imidazole rings is 2. The van der Waals surface area contributed by atoms with Gasteiger partial charge in [-0.2, -0.15) is 0 Å². The van der Waals surface area contributed by atoms with Gasteiger partial charge < -0.3 is 19.6 Å².